The number of amides is 2. The molecule has 6 nitrogen and oxygen atoms in total. The highest BCUT2D eigenvalue weighted by Gasteiger charge is 2.35. The highest BCUT2D eigenvalue weighted by Crippen LogP contribution is 2.34. The van der Waals surface area contributed by atoms with Crippen molar-refractivity contribution >= 4 is 17.6 Å². The molecule has 174 valence electrons. The molecule has 1 aromatic heterocycles. The van der Waals surface area contributed by atoms with Gasteiger partial charge in [-0.2, -0.15) is 0 Å². The Morgan fingerprint density at radius 3 is 2.70 bits per heavy atom. The van der Waals surface area contributed by atoms with Gasteiger partial charge in [-0.1, -0.05) is 36.2 Å². The summed E-state index contributed by atoms with van der Waals surface area (Å²) in [4.78, 5) is 39.5. The first-order valence-electron chi connectivity index (χ1n) is 12.5. The minimum atomic E-state index is 0.141. The van der Waals surface area contributed by atoms with Crippen molar-refractivity contribution in [3.63, 3.8) is 0 Å². The van der Waals surface area contributed by atoms with Crippen LogP contribution in [-0.4, -0.2) is 46.3 Å². The summed E-state index contributed by atoms with van der Waals surface area (Å²) in [6, 6.07) is 8.47. The topological polar surface area (TPSA) is 66.4 Å². The summed E-state index contributed by atoms with van der Waals surface area (Å²) in [6.07, 6.45) is 7.24. The molecule has 33 heavy (non-hydrogen) atoms. The van der Waals surface area contributed by atoms with Crippen LogP contribution in [0.25, 0.3) is 0 Å². The van der Waals surface area contributed by atoms with Gasteiger partial charge in [0.05, 0.1) is 0 Å². The van der Waals surface area contributed by atoms with E-state index in [9.17, 15) is 9.59 Å². The Balaban J connectivity index is 1.37. The van der Waals surface area contributed by atoms with Gasteiger partial charge < -0.3 is 4.90 Å². The minimum Gasteiger partial charge on any atom is -0.342 e. The van der Waals surface area contributed by atoms with Crippen LogP contribution in [0.15, 0.2) is 24.3 Å². The minimum absolute atomic E-state index is 0.141. The molecule has 1 aromatic carbocycles. The number of anilines is 1. The molecule has 0 radical (unpaired) electrons. The van der Waals surface area contributed by atoms with E-state index in [2.05, 4.69) is 31.2 Å². The standard InChI is InChI=1S/C27H34N4O2/c1-18-6-3-7-20(16-18)13-15-31-24(32)12-11-23-19(2)28-25(29-26(23)31)22-10-5-14-30(17-22)27(33)21-8-4-9-21/h3,6-7,16,21-22H,4-5,8-15,17H2,1-2H3/t22-/m0/s1. The van der Waals surface area contributed by atoms with Gasteiger partial charge in [0, 0.05) is 49.1 Å². The first-order chi connectivity index (χ1) is 16.0. The van der Waals surface area contributed by atoms with E-state index >= 15 is 0 Å². The second-order valence-corrected chi connectivity index (χ2v) is 10.0. The number of aromatic nitrogens is 2. The smallest absolute Gasteiger partial charge is 0.228 e. The van der Waals surface area contributed by atoms with Gasteiger partial charge in [-0.3, -0.25) is 14.5 Å². The molecule has 1 atom stereocenters. The number of carbonyl (C=O) groups is 2. The zero-order valence-corrected chi connectivity index (χ0v) is 19.8. The lowest BCUT2D eigenvalue weighted by molar-refractivity contribution is -0.139. The highest BCUT2D eigenvalue weighted by molar-refractivity contribution is 5.95. The Hall–Kier alpha value is -2.76. The molecule has 2 aliphatic heterocycles. The van der Waals surface area contributed by atoms with Gasteiger partial charge in [-0.25, -0.2) is 9.97 Å². The average molecular weight is 447 g/mol. The summed E-state index contributed by atoms with van der Waals surface area (Å²) in [5, 5.41) is 0. The van der Waals surface area contributed by atoms with Crippen LogP contribution in [-0.2, 0) is 22.4 Å². The van der Waals surface area contributed by atoms with Crippen molar-refractivity contribution in [2.45, 2.75) is 71.1 Å². The molecule has 0 bridgehead atoms. The number of benzene rings is 1. The number of nitrogens with zero attached hydrogens (tertiary/aromatic N) is 4. The molecule has 1 saturated heterocycles. The molecule has 0 spiro atoms. The molecule has 1 aliphatic carbocycles. The van der Waals surface area contributed by atoms with Crippen molar-refractivity contribution in [1.82, 2.24) is 14.9 Å². The van der Waals surface area contributed by atoms with Crippen molar-refractivity contribution in [3.05, 3.63) is 52.5 Å². The van der Waals surface area contributed by atoms with Crippen LogP contribution in [0, 0.1) is 19.8 Å². The fourth-order valence-electron chi connectivity index (χ4n) is 5.43. The number of hydrogen-bond donors (Lipinski definition) is 0. The molecule has 3 heterocycles. The maximum atomic E-state index is 12.9. The predicted molar refractivity (Wildman–Crippen MR) is 128 cm³/mol. The van der Waals surface area contributed by atoms with E-state index in [0.717, 1.165) is 61.5 Å². The van der Waals surface area contributed by atoms with Crippen molar-refractivity contribution in [3.8, 4) is 0 Å². The van der Waals surface area contributed by atoms with E-state index in [1.165, 1.54) is 17.5 Å². The van der Waals surface area contributed by atoms with E-state index < -0.39 is 0 Å². The third-order valence-electron chi connectivity index (χ3n) is 7.61. The summed E-state index contributed by atoms with van der Waals surface area (Å²) >= 11 is 0. The van der Waals surface area contributed by atoms with E-state index in [-0.39, 0.29) is 17.7 Å². The molecule has 6 heteroatoms. The zero-order chi connectivity index (χ0) is 22.9. The van der Waals surface area contributed by atoms with Crippen molar-refractivity contribution < 1.29 is 9.59 Å². The molecule has 2 fully saturated rings. The zero-order valence-electron chi connectivity index (χ0n) is 19.8. The molecular formula is C27H34N4O2. The lowest BCUT2D eigenvalue weighted by Crippen LogP contribution is -2.44. The molecular weight excluding hydrogens is 412 g/mol. The van der Waals surface area contributed by atoms with Gasteiger partial charge in [0.25, 0.3) is 0 Å². The molecule has 5 rings (SSSR count). The summed E-state index contributed by atoms with van der Waals surface area (Å²) < 4.78 is 0. The van der Waals surface area contributed by atoms with Gasteiger partial charge in [0.2, 0.25) is 11.8 Å². The quantitative estimate of drug-likeness (QED) is 0.693. The lowest BCUT2D eigenvalue weighted by Gasteiger charge is -2.37. The Kier molecular flexibility index (Phi) is 6.17. The molecule has 2 amide bonds. The summed E-state index contributed by atoms with van der Waals surface area (Å²) in [5.41, 5.74) is 4.54. The first kappa shape index (κ1) is 22.1. The number of hydrogen-bond acceptors (Lipinski definition) is 4. The van der Waals surface area contributed by atoms with E-state index in [4.69, 9.17) is 9.97 Å². The van der Waals surface area contributed by atoms with Crippen LogP contribution in [0.2, 0.25) is 0 Å². The largest absolute Gasteiger partial charge is 0.342 e. The van der Waals surface area contributed by atoms with Crippen LogP contribution < -0.4 is 4.90 Å². The average Bonchev–Trinajstić information content (AvgIpc) is 2.77. The van der Waals surface area contributed by atoms with E-state index in [1.54, 1.807) is 0 Å². The molecule has 0 N–H and O–H groups in total. The molecule has 3 aliphatic rings. The number of aryl methyl sites for hydroxylation is 2. The monoisotopic (exact) mass is 446 g/mol. The Bertz CT molecular complexity index is 1060. The van der Waals surface area contributed by atoms with Crippen LogP contribution in [0.4, 0.5) is 5.82 Å². The van der Waals surface area contributed by atoms with Crippen molar-refractivity contribution in [2.75, 3.05) is 24.5 Å². The van der Waals surface area contributed by atoms with E-state index in [1.807, 2.05) is 16.7 Å². The summed E-state index contributed by atoms with van der Waals surface area (Å²) in [7, 11) is 0. The van der Waals surface area contributed by atoms with Gasteiger partial charge in [-0.15, -0.1) is 0 Å². The summed E-state index contributed by atoms with van der Waals surface area (Å²) in [5.74, 6) is 2.42. The molecule has 2 aromatic rings. The number of carbonyl (C=O) groups excluding carboxylic acids is 2. The van der Waals surface area contributed by atoms with Crippen LogP contribution >= 0.6 is 0 Å². The van der Waals surface area contributed by atoms with Gasteiger partial charge >= 0.3 is 0 Å². The highest BCUT2D eigenvalue weighted by atomic mass is 16.2. The SMILES string of the molecule is Cc1cccc(CCN2C(=O)CCc3c(C)nc([C@H]4CCCN(C(=O)C5CCC5)C4)nc32)c1. The Morgan fingerprint density at radius 1 is 1.09 bits per heavy atom. The van der Waals surface area contributed by atoms with Gasteiger partial charge in [-0.05, 0) is 57.9 Å². The normalized spacial score (nSPS) is 21.0. The van der Waals surface area contributed by atoms with Gasteiger partial charge in [0.15, 0.2) is 0 Å². The number of rotatable bonds is 5. The first-order valence-corrected chi connectivity index (χ1v) is 12.5. The van der Waals surface area contributed by atoms with E-state index in [0.29, 0.717) is 31.8 Å². The van der Waals surface area contributed by atoms with Crippen LogP contribution in [0.5, 0.6) is 0 Å². The fourth-order valence-corrected chi connectivity index (χ4v) is 5.43. The maximum Gasteiger partial charge on any atom is 0.228 e. The lowest BCUT2D eigenvalue weighted by atomic mass is 9.83. The molecule has 1 saturated carbocycles. The Morgan fingerprint density at radius 2 is 1.94 bits per heavy atom. The number of fused-ring (bicyclic) bond motifs is 1. The third-order valence-corrected chi connectivity index (χ3v) is 7.61. The van der Waals surface area contributed by atoms with Gasteiger partial charge in [0.1, 0.15) is 11.6 Å². The second kappa shape index (κ2) is 9.24. The fraction of sp³-hybridized carbons (Fsp3) is 0.556. The number of piperidine rings is 1. The molecule has 0 unspecified atom stereocenters. The van der Waals surface area contributed by atoms with Crippen molar-refractivity contribution in [1.29, 1.82) is 0 Å². The van der Waals surface area contributed by atoms with Crippen molar-refractivity contribution in [2.24, 2.45) is 5.92 Å². The van der Waals surface area contributed by atoms with Crippen LogP contribution in [0.1, 0.15) is 72.7 Å². The Labute approximate surface area is 196 Å². The van der Waals surface area contributed by atoms with Crippen LogP contribution in [0.3, 0.4) is 0 Å². The second-order valence-electron chi connectivity index (χ2n) is 10.0. The third kappa shape index (κ3) is 4.53. The number of likely N-dealkylation sites (tertiary alicyclic amines) is 1. The predicted octanol–water partition coefficient (Wildman–Crippen LogP) is 4.12. The maximum absolute atomic E-state index is 12.9. The summed E-state index contributed by atoms with van der Waals surface area (Å²) in [6.45, 7) is 6.30.